The smallest absolute Gasteiger partial charge is 0.166 e. The van der Waals surface area contributed by atoms with Gasteiger partial charge in [-0.2, -0.15) is 13.2 Å². The molecule has 0 amide bonds. The molecule has 0 nitrogen and oxygen atoms in total. The van der Waals surface area contributed by atoms with Gasteiger partial charge in [-0.3, -0.25) is 0 Å². The summed E-state index contributed by atoms with van der Waals surface area (Å²) in [7, 11) is 0. The van der Waals surface area contributed by atoms with Gasteiger partial charge in [-0.05, 0) is 39.7 Å². The van der Waals surface area contributed by atoms with Crippen molar-refractivity contribution < 1.29 is 13.2 Å². The third-order valence-electron chi connectivity index (χ3n) is 2.38. The third kappa shape index (κ3) is 2.90. The molecule has 1 atom stereocenters. The summed E-state index contributed by atoms with van der Waals surface area (Å²) in [5.74, 6) is 0. The molecule has 2 rings (SSSR count). The van der Waals surface area contributed by atoms with Crippen LogP contribution in [0.5, 0.6) is 0 Å². The van der Waals surface area contributed by atoms with Gasteiger partial charge in [-0.1, -0.05) is 18.2 Å². The van der Waals surface area contributed by atoms with Crippen LogP contribution in [0, 0.1) is 0 Å². The Morgan fingerprint density at radius 2 is 1.78 bits per heavy atom. The molecule has 0 saturated heterocycles. The maximum atomic E-state index is 12.9. The molecular weight excluding hydrogens is 349 g/mol. The van der Waals surface area contributed by atoms with Crippen LogP contribution in [-0.4, -0.2) is 0 Å². The van der Waals surface area contributed by atoms with Crippen LogP contribution in [0.15, 0.2) is 40.2 Å². The molecule has 18 heavy (non-hydrogen) atoms. The Balaban J connectivity index is 2.45. The zero-order chi connectivity index (χ0) is 13.3. The van der Waals surface area contributed by atoms with E-state index in [4.69, 9.17) is 11.6 Å². The number of hydrogen-bond acceptors (Lipinski definition) is 1. The average Bonchev–Trinajstić information content (AvgIpc) is 2.74. The quantitative estimate of drug-likeness (QED) is 0.592. The van der Waals surface area contributed by atoms with Crippen molar-refractivity contribution in [1.82, 2.24) is 0 Å². The lowest BCUT2D eigenvalue weighted by atomic mass is 10.0. The van der Waals surface area contributed by atoms with Crippen LogP contribution in [0.1, 0.15) is 21.4 Å². The van der Waals surface area contributed by atoms with Gasteiger partial charge in [0.15, 0.2) is 0 Å². The number of alkyl halides is 4. The van der Waals surface area contributed by atoms with Crippen LogP contribution in [0.25, 0.3) is 0 Å². The summed E-state index contributed by atoms with van der Waals surface area (Å²) in [5.41, 5.74) is -0.601. The molecule has 6 heteroatoms. The number of rotatable bonds is 2. The highest BCUT2D eigenvalue weighted by Crippen LogP contribution is 2.41. The van der Waals surface area contributed by atoms with E-state index in [1.54, 1.807) is 18.2 Å². The highest BCUT2D eigenvalue weighted by Gasteiger charge is 2.35. The van der Waals surface area contributed by atoms with Gasteiger partial charge >= 0.3 is 6.18 Å². The van der Waals surface area contributed by atoms with E-state index in [9.17, 15) is 13.2 Å². The summed E-state index contributed by atoms with van der Waals surface area (Å²) in [4.78, 5) is 0.681. The first-order valence-corrected chi connectivity index (χ1v) is 6.99. The maximum absolute atomic E-state index is 12.9. The Labute approximate surface area is 120 Å². The predicted octanol–water partition coefficient (Wildman–Crippen LogP) is 5.86. The Hall–Kier alpha value is -0.520. The van der Waals surface area contributed by atoms with Gasteiger partial charge in [0.1, 0.15) is 0 Å². The summed E-state index contributed by atoms with van der Waals surface area (Å²) in [6.07, 6.45) is -4.39. The molecule has 0 N–H and O–H groups in total. The second-order valence-corrected chi connectivity index (χ2v) is 6.52. The zero-order valence-electron chi connectivity index (χ0n) is 8.84. The Bertz CT molecular complexity index is 550. The molecule has 1 aromatic carbocycles. The van der Waals surface area contributed by atoms with E-state index in [1.165, 1.54) is 23.5 Å². The first kappa shape index (κ1) is 13.9. The fraction of sp³-hybridized carbons (Fsp3) is 0.167. The SMILES string of the molecule is FC(F)(F)c1ccccc1C(Cl)c1ccc(Br)s1. The molecular formula is C12H7BrClF3S. The fourth-order valence-electron chi connectivity index (χ4n) is 1.59. The molecule has 1 unspecified atom stereocenters. The van der Waals surface area contributed by atoms with Crippen LogP contribution in [0.2, 0.25) is 0 Å². The summed E-state index contributed by atoms with van der Waals surface area (Å²) in [5, 5.41) is -0.792. The van der Waals surface area contributed by atoms with Crippen molar-refractivity contribution in [2.24, 2.45) is 0 Å². The molecule has 2 aromatic rings. The molecule has 0 aliphatic rings. The van der Waals surface area contributed by atoms with E-state index in [2.05, 4.69) is 15.9 Å². The molecule has 96 valence electrons. The van der Waals surface area contributed by atoms with Crippen LogP contribution in [0.4, 0.5) is 13.2 Å². The van der Waals surface area contributed by atoms with Crippen molar-refractivity contribution in [2.75, 3.05) is 0 Å². The first-order chi connectivity index (χ1) is 8.39. The largest absolute Gasteiger partial charge is 0.416 e. The molecule has 0 bridgehead atoms. The normalized spacial score (nSPS) is 13.6. The monoisotopic (exact) mass is 354 g/mol. The molecule has 0 aliphatic carbocycles. The number of thiophene rings is 1. The summed E-state index contributed by atoms with van der Waals surface area (Å²) in [6, 6.07) is 8.87. The van der Waals surface area contributed by atoms with Crippen LogP contribution < -0.4 is 0 Å². The molecule has 0 saturated carbocycles. The van der Waals surface area contributed by atoms with Gasteiger partial charge < -0.3 is 0 Å². The Morgan fingerprint density at radius 1 is 1.11 bits per heavy atom. The molecule has 0 fully saturated rings. The van der Waals surface area contributed by atoms with Gasteiger partial charge in [-0.25, -0.2) is 0 Å². The van der Waals surface area contributed by atoms with Crippen molar-refractivity contribution in [3.05, 3.63) is 56.2 Å². The van der Waals surface area contributed by atoms with E-state index < -0.39 is 17.1 Å². The van der Waals surface area contributed by atoms with Crippen LogP contribution >= 0.6 is 38.9 Å². The van der Waals surface area contributed by atoms with Crippen molar-refractivity contribution in [2.45, 2.75) is 11.6 Å². The zero-order valence-corrected chi connectivity index (χ0v) is 12.0. The molecule has 1 aromatic heterocycles. The van der Waals surface area contributed by atoms with E-state index >= 15 is 0 Å². The highest BCUT2D eigenvalue weighted by atomic mass is 79.9. The second-order valence-electron chi connectivity index (χ2n) is 3.59. The molecule has 0 spiro atoms. The van der Waals surface area contributed by atoms with Crippen molar-refractivity contribution >= 4 is 38.9 Å². The van der Waals surface area contributed by atoms with E-state index in [0.29, 0.717) is 4.88 Å². The average molecular weight is 356 g/mol. The van der Waals surface area contributed by atoms with E-state index in [0.717, 1.165) is 9.85 Å². The molecule has 0 radical (unpaired) electrons. The summed E-state index contributed by atoms with van der Waals surface area (Å²) < 4.78 is 39.4. The van der Waals surface area contributed by atoms with Crippen molar-refractivity contribution in [3.8, 4) is 0 Å². The number of benzene rings is 1. The maximum Gasteiger partial charge on any atom is 0.416 e. The van der Waals surface area contributed by atoms with Gasteiger partial charge in [0.05, 0.1) is 14.7 Å². The Kier molecular flexibility index (Phi) is 4.04. The predicted molar refractivity (Wildman–Crippen MR) is 71.2 cm³/mol. The van der Waals surface area contributed by atoms with Gasteiger partial charge in [-0.15, -0.1) is 22.9 Å². The van der Waals surface area contributed by atoms with E-state index in [-0.39, 0.29) is 5.56 Å². The summed E-state index contributed by atoms with van der Waals surface area (Å²) >= 11 is 10.7. The Morgan fingerprint density at radius 3 is 2.33 bits per heavy atom. The fourth-order valence-corrected chi connectivity index (χ4v) is 3.41. The molecule has 1 heterocycles. The van der Waals surface area contributed by atoms with Crippen LogP contribution in [-0.2, 0) is 6.18 Å². The topological polar surface area (TPSA) is 0 Å². The minimum Gasteiger partial charge on any atom is -0.166 e. The minimum absolute atomic E-state index is 0.0843. The standard InChI is InChI=1S/C12H7BrClF3S/c13-10-6-5-9(18-10)11(14)7-3-1-2-4-8(7)12(15,16)17/h1-6,11H. The first-order valence-electron chi connectivity index (χ1n) is 4.95. The van der Waals surface area contributed by atoms with Crippen molar-refractivity contribution in [1.29, 1.82) is 0 Å². The number of halogens is 5. The lowest BCUT2D eigenvalue weighted by molar-refractivity contribution is -0.138. The number of hydrogen-bond donors (Lipinski definition) is 0. The van der Waals surface area contributed by atoms with Crippen molar-refractivity contribution in [3.63, 3.8) is 0 Å². The van der Waals surface area contributed by atoms with Crippen LogP contribution in [0.3, 0.4) is 0 Å². The van der Waals surface area contributed by atoms with E-state index in [1.807, 2.05) is 0 Å². The molecule has 0 aliphatic heterocycles. The third-order valence-corrected chi connectivity index (χ3v) is 4.67. The van der Waals surface area contributed by atoms with Gasteiger partial charge in [0.2, 0.25) is 0 Å². The lowest BCUT2D eigenvalue weighted by Crippen LogP contribution is -2.10. The highest BCUT2D eigenvalue weighted by molar-refractivity contribution is 9.11. The minimum atomic E-state index is -4.39. The van der Waals surface area contributed by atoms with Gasteiger partial charge in [0, 0.05) is 4.88 Å². The second kappa shape index (κ2) is 5.23. The van der Waals surface area contributed by atoms with Gasteiger partial charge in [0.25, 0.3) is 0 Å². The lowest BCUT2D eigenvalue weighted by Gasteiger charge is -2.15. The summed E-state index contributed by atoms with van der Waals surface area (Å²) in [6.45, 7) is 0.